The van der Waals surface area contributed by atoms with Crippen LogP contribution >= 0.6 is 0 Å². The summed E-state index contributed by atoms with van der Waals surface area (Å²) in [7, 11) is 0. The zero-order valence-corrected chi connectivity index (χ0v) is 13.9. The van der Waals surface area contributed by atoms with Gasteiger partial charge in [0.25, 0.3) is 0 Å². The Bertz CT molecular complexity index is 561. The number of benzene rings is 2. The molecule has 0 heterocycles. The average molecular weight is 280 g/mol. The maximum atomic E-state index is 2.37. The molecule has 0 fully saturated rings. The van der Waals surface area contributed by atoms with E-state index >= 15 is 0 Å². The molecule has 0 radical (unpaired) electrons. The summed E-state index contributed by atoms with van der Waals surface area (Å²) in [4.78, 5) is 0. The number of aryl methyl sites for hydroxylation is 2. The topological polar surface area (TPSA) is 0 Å². The summed E-state index contributed by atoms with van der Waals surface area (Å²) in [6.45, 7) is 9.04. The molecule has 2 aromatic rings. The Labute approximate surface area is 130 Å². The van der Waals surface area contributed by atoms with Gasteiger partial charge in [-0.3, -0.25) is 0 Å². The van der Waals surface area contributed by atoms with Crippen LogP contribution in [0, 0.1) is 0 Å². The van der Waals surface area contributed by atoms with Gasteiger partial charge in [0.2, 0.25) is 0 Å². The molecule has 112 valence electrons. The summed E-state index contributed by atoms with van der Waals surface area (Å²) in [5, 5.41) is 0. The molecule has 0 saturated carbocycles. The first kappa shape index (κ1) is 15.8. The summed E-state index contributed by atoms with van der Waals surface area (Å²) < 4.78 is 0. The van der Waals surface area contributed by atoms with Crippen LogP contribution in [0.3, 0.4) is 0 Å². The van der Waals surface area contributed by atoms with E-state index in [0.29, 0.717) is 5.92 Å². The van der Waals surface area contributed by atoms with Crippen LogP contribution in [0.15, 0.2) is 42.5 Å². The Morgan fingerprint density at radius 1 is 0.857 bits per heavy atom. The van der Waals surface area contributed by atoms with Crippen LogP contribution in [0.4, 0.5) is 0 Å². The molecule has 0 aliphatic rings. The van der Waals surface area contributed by atoms with Crippen molar-refractivity contribution in [2.75, 3.05) is 0 Å². The first-order valence-corrected chi connectivity index (χ1v) is 8.37. The van der Waals surface area contributed by atoms with Crippen molar-refractivity contribution in [3.05, 3.63) is 59.2 Å². The van der Waals surface area contributed by atoms with Crippen LogP contribution in [-0.4, -0.2) is 0 Å². The Hall–Kier alpha value is -1.56. The van der Waals surface area contributed by atoms with E-state index in [0.717, 1.165) is 6.42 Å². The molecule has 21 heavy (non-hydrogen) atoms. The smallest absolute Gasteiger partial charge is 0.0181 e. The van der Waals surface area contributed by atoms with E-state index in [-0.39, 0.29) is 0 Å². The Kier molecular flexibility index (Phi) is 5.61. The lowest BCUT2D eigenvalue weighted by atomic mass is 9.92. The fourth-order valence-corrected chi connectivity index (χ4v) is 2.90. The van der Waals surface area contributed by atoms with Crippen molar-refractivity contribution in [1.82, 2.24) is 0 Å². The van der Waals surface area contributed by atoms with Gasteiger partial charge in [-0.25, -0.2) is 0 Å². The second-order valence-corrected chi connectivity index (χ2v) is 6.22. The first-order valence-electron chi connectivity index (χ1n) is 8.37. The van der Waals surface area contributed by atoms with Gasteiger partial charge in [0.15, 0.2) is 0 Å². The van der Waals surface area contributed by atoms with Crippen molar-refractivity contribution in [2.24, 2.45) is 0 Å². The molecule has 0 saturated heterocycles. The molecule has 0 amide bonds. The van der Waals surface area contributed by atoms with E-state index in [9.17, 15) is 0 Å². The largest absolute Gasteiger partial charge is 0.0654 e. The number of hydrogen-bond acceptors (Lipinski definition) is 0. The van der Waals surface area contributed by atoms with E-state index in [2.05, 4.69) is 70.2 Å². The maximum absolute atomic E-state index is 2.37. The van der Waals surface area contributed by atoms with Crippen molar-refractivity contribution < 1.29 is 0 Å². The standard InChI is InChI=1S/C21H28/c1-5-7-8-17-9-11-19(12-10-17)20-13-14-21(16(3)4)18(6-2)15-20/h9-16H,5-8H2,1-4H3. The SMILES string of the molecule is CCCCc1ccc(-c2ccc(C(C)C)c(CC)c2)cc1. The molecule has 0 bridgehead atoms. The van der Waals surface area contributed by atoms with Gasteiger partial charge in [0.05, 0.1) is 0 Å². The Balaban J connectivity index is 2.25. The highest BCUT2D eigenvalue weighted by Gasteiger charge is 2.07. The molecule has 0 aliphatic heterocycles. The zero-order chi connectivity index (χ0) is 15.2. The predicted molar refractivity (Wildman–Crippen MR) is 94.0 cm³/mol. The minimum atomic E-state index is 0.602. The van der Waals surface area contributed by atoms with Crippen LogP contribution in [0.1, 0.15) is 63.1 Å². The molecule has 0 N–H and O–H groups in total. The average Bonchev–Trinajstić information content (AvgIpc) is 2.52. The van der Waals surface area contributed by atoms with Crippen LogP contribution in [0.2, 0.25) is 0 Å². The summed E-state index contributed by atoms with van der Waals surface area (Å²) in [5.74, 6) is 0.602. The summed E-state index contributed by atoms with van der Waals surface area (Å²) in [5.41, 5.74) is 7.10. The monoisotopic (exact) mass is 280 g/mol. The van der Waals surface area contributed by atoms with E-state index < -0.39 is 0 Å². The van der Waals surface area contributed by atoms with E-state index in [4.69, 9.17) is 0 Å². The highest BCUT2D eigenvalue weighted by molar-refractivity contribution is 5.65. The van der Waals surface area contributed by atoms with Crippen molar-refractivity contribution in [2.45, 2.75) is 59.3 Å². The lowest BCUT2D eigenvalue weighted by molar-refractivity contribution is 0.795. The molecule has 0 spiro atoms. The second-order valence-electron chi connectivity index (χ2n) is 6.22. The lowest BCUT2D eigenvalue weighted by Gasteiger charge is -2.14. The molecule has 0 aliphatic carbocycles. The van der Waals surface area contributed by atoms with Gasteiger partial charge in [0, 0.05) is 0 Å². The minimum absolute atomic E-state index is 0.602. The highest BCUT2D eigenvalue weighted by Crippen LogP contribution is 2.27. The van der Waals surface area contributed by atoms with Gasteiger partial charge in [-0.05, 0) is 53.0 Å². The molecule has 0 heteroatoms. The molecular formula is C21H28. The third-order valence-electron chi connectivity index (χ3n) is 4.25. The van der Waals surface area contributed by atoms with Crippen molar-refractivity contribution in [1.29, 1.82) is 0 Å². The highest BCUT2D eigenvalue weighted by atomic mass is 14.1. The number of rotatable bonds is 6. The van der Waals surface area contributed by atoms with Gasteiger partial charge in [-0.1, -0.05) is 76.6 Å². The van der Waals surface area contributed by atoms with Gasteiger partial charge in [-0.2, -0.15) is 0 Å². The molecule has 2 aromatic carbocycles. The van der Waals surface area contributed by atoms with E-state index in [1.807, 2.05) is 0 Å². The quantitative estimate of drug-likeness (QED) is 0.575. The van der Waals surface area contributed by atoms with Crippen molar-refractivity contribution in [3.8, 4) is 11.1 Å². The lowest BCUT2D eigenvalue weighted by Crippen LogP contribution is -1.95. The zero-order valence-electron chi connectivity index (χ0n) is 13.9. The normalized spacial score (nSPS) is 11.1. The van der Waals surface area contributed by atoms with Gasteiger partial charge in [0.1, 0.15) is 0 Å². The number of hydrogen-bond donors (Lipinski definition) is 0. The predicted octanol–water partition coefficient (Wildman–Crippen LogP) is 6.38. The first-order chi connectivity index (χ1) is 10.2. The molecule has 0 atom stereocenters. The van der Waals surface area contributed by atoms with Crippen LogP contribution in [0.25, 0.3) is 11.1 Å². The van der Waals surface area contributed by atoms with Crippen molar-refractivity contribution >= 4 is 0 Å². The third kappa shape index (κ3) is 3.97. The second kappa shape index (κ2) is 7.45. The Morgan fingerprint density at radius 2 is 1.52 bits per heavy atom. The van der Waals surface area contributed by atoms with Gasteiger partial charge in [-0.15, -0.1) is 0 Å². The molecular weight excluding hydrogens is 252 g/mol. The van der Waals surface area contributed by atoms with Crippen LogP contribution in [-0.2, 0) is 12.8 Å². The molecule has 0 nitrogen and oxygen atoms in total. The molecule has 2 rings (SSSR count). The van der Waals surface area contributed by atoms with Crippen LogP contribution in [0.5, 0.6) is 0 Å². The third-order valence-corrected chi connectivity index (χ3v) is 4.25. The van der Waals surface area contributed by atoms with Crippen LogP contribution < -0.4 is 0 Å². The van der Waals surface area contributed by atoms with Crippen molar-refractivity contribution in [3.63, 3.8) is 0 Å². The number of unbranched alkanes of at least 4 members (excludes halogenated alkanes) is 1. The summed E-state index contributed by atoms with van der Waals surface area (Å²) >= 11 is 0. The maximum Gasteiger partial charge on any atom is -0.0181 e. The summed E-state index contributed by atoms with van der Waals surface area (Å²) in [6, 6.07) is 16.1. The van der Waals surface area contributed by atoms with Gasteiger partial charge >= 0.3 is 0 Å². The Morgan fingerprint density at radius 3 is 2.10 bits per heavy atom. The van der Waals surface area contributed by atoms with Gasteiger partial charge < -0.3 is 0 Å². The van der Waals surface area contributed by atoms with E-state index in [1.54, 1.807) is 0 Å². The fourth-order valence-electron chi connectivity index (χ4n) is 2.90. The minimum Gasteiger partial charge on any atom is -0.0654 e. The molecule has 0 unspecified atom stereocenters. The fraction of sp³-hybridized carbons (Fsp3) is 0.429. The van der Waals surface area contributed by atoms with E-state index in [1.165, 1.54) is 47.1 Å². The summed E-state index contributed by atoms with van der Waals surface area (Å²) in [6.07, 6.45) is 4.85. The molecule has 0 aromatic heterocycles.